The van der Waals surface area contributed by atoms with Gasteiger partial charge in [0.2, 0.25) is 22.8 Å². The molecule has 10 nitrogen and oxygen atoms in total. The highest BCUT2D eigenvalue weighted by Crippen LogP contribution is 2.10. The van der Waals surface area contributed by atoms with Gasteiger partial charge in [0.1, 0.15) is 12.1 Å². The van der Waals surface area contributed by atoms with Crippen LogP contribution in [0, 0.1) is 11.8 Å². The van der Waals surface area contributed by atoms with E-state index in [1.165, 1.54) is 6.92 Å². The Hall–Kier alpha value is -2.30. The van der Waals surface area contributed by atoms with Crippen LogP contribution in [-0.2, 0) is 19.2 Å². The highest BCUT2D eigenvalue weighted by atomic mass is 32.1. The summed E-state index contributed by atoms with van der Waals surface area (Å²) in [5.74, 6) is -1.03. The van der Waals surface area contributed by atoms with Crippen molar-refractivity contribution in [3.63, 3.8) is 0 Å². The number of thiol groups is 1. The van der Waals surface area contributed by atoms with E-state index < -0.39 is 35.1 Å². The number of rotatable bonds is 14. The summed E-state index contributed by atoms with van der Waals surface area (Å²) in [4.78, 5) is 52.8. The maximum Gasteiger partial charge on any atom is 0.243 e. The lowest BCUT2D eigenvalue weighted by Gasteiger charge is -2.26. The fraction of sp³-hybridized carbons (Fsp3) is 0.750. The second-order valence-corrected chi connectivity index (χ2v) is 8.86. The van der Waals surface area contributed by atoms with Gasteiger partial charge in [-0.1, -0.05) is 27.7 Å². The van der Waals surface area contributed by atoms with Crippen molar-refractivity contribution in [2.24, 2.45) is 28.3 Å². The molecular formula is C20H38N6O4S. The Morgan fingerprint density at radius 1 is 0.839 bits per heavy atom. The Kier molecular flexibility index (Phi) is 13.6. The summed E-state index contributed by atoms with van der Waals surface area (Å²) in [6.07, 6.45) is 1.57. The number of carbonyl (C=O) groups excluding carboxylic acids is 4. The quantitative estimate of drug-likeness (QED) is 0.0931. The van der Waals surface area contributed by atoms with Crippen molar-refractivity contribution in [1.82, 2.24) is 16.0 Å². The largest absolute Gasteiger partial charge is 0.370 e. The molecule has 3 atom stereocenters. The van der Waals surface area contributed by atoms with Gasteiger partial charge in [-0.15, -0.1) is 12.6 Å². The number of hydrogen-bond acceptors (Lipinski definition) is 5. The molecular weight excluding hydrogens is 420 g/mol. The van der Waals surface area contributed by atoms with Crippen molar-refractivity contribution in [2.45, 2.75) is 78.4 Å². The number of nitrogens with two attached hydrogens (primary N) is 2. The number of nitrogens with zero attached hydrogens (tertiary/aromatic N) is 1. The van der Waals surface area contributed by atoms with Gasteiger partial charge >= 0.3 is 0 Å². The molecule has 178 valence electrons. The molecule has 0 aromatic carbocycles. The van der Waals surface area contributed by atoms with Crippen LogP contribution < -0.4 is 27.4 Å². The molecule has 0 rings (SSSR count). The second-order valence-electron chi connectivity index (χ2n) is 8.42. The molecule has 0 saturated carbocycles. The van der Waals surface area contributed by atoms with E-state index in [-0.39, 0.29) is 23.7 Å². The molecule has 7 N–H and O–H groups in total. The van der Waals surface area contributed by atoms with E-state index in [0.717, 1.165) is 0 Å². The molecule has 0 radical (unpaired) electrons. The molecule has 0 fully saturated rings. The van der Waals surface area contributed by atoms with Gasteiger partial charge in [-0.25, -0.2) is 0 Å². The molecule has 0 saturated heterocycles. The third-order valence-electron chi connectivity index (χ3n) is 4.30. The number of carbonyl (C=O) groups is 4. The average Bonchev–Trinajstić information content (AvgIpc) is 2.61. The summed E-state index contributed by atoms with van der Waals surface area (Å²) in [6.45, 7) is 9.36. The lowest BCUT2D eigenvalue weighted by molar-refractivity contribution is -0.133. The molecule has 31 heavy (non-hydrogen) atoms. The van der Waals surface area contributed by atoms with Crippen LogP contribution in [-0.4, -0.2) is 53.5 Å². The van der Waals surface area contributed by atoms with Crippen LogP contribution in [0.25, 0.3) is 0 Å². The van der Waals surface area contributed by atoms with Crippen LogP contribution >= 0.6 is 12.6 Å². The van der Waals surface area contributed by atoms with E-state index in [0.29, 0.717) is 32.2 Å². The van der Waals surface area contributed by atoms with E-state index in [2.05, 4.69) is 33.6 Å². The van der Waals surface area contributed by atoms with E-state index in [1.54, 1.807) is 0 Å². The Balaban J connectivity index is 5.25. The molecule has 0 aliphatic carbocycles. The van der Waals surface area contributed by atoms with Gasteiger partial charge in [-0.05, 0) is 37.5 Å². The second kappa shape index (κ2) is 14.7. The zero-order chi connectivity index (χ0) is 24.1. The number of nitrogens with one attached hydrogen (secondary N) is 3. The maximum absolute atomic E-state index is 12.9. The van der Waals surface area contributed by atoms with Crippen molar-refractivity contribution < 1.29 is 19.2 Å². The Bertz CT molecular complexity index is 650. The molecule has 0 spiro atoms. The molecule has 0 aliphatic rings. The van der Waals surface area contributed by atoms with Crippen LogP contribution in [0.1, 0.15) is 60.3 Å². The van der Waals surface area contributed by atoms with Crippen molar-refractivity contribution in [1.29, 1.82) is 0 Å². The summed E-state index contributed by atoms with van der Waals surface area (Å²) in [6, 6.07) is -2.44. The van der Waals surface area contributed by atoms with Crippen molar-refractivity contribution >= 4 is 41.4 Å². The maximum atomic E-state index is 12.9. The van der Waals surface area contributed by atoms with Crippen LogP contribution in [0.5, 0.6) is 0 Å². The predicted octanol–water partition coefficient (Wildman–Crippen LogP) is 0.0629. The minimum atomic E-state index is -0.858. The molecule has 0 bridgehead atoms. The predicted molar refractivity (Wildman–Crippen MR) is 124 cm³/mol. The van der Waals surface area contributed by atoms with Gasteiger partial charge in [0.05, 0.1) is 6.04 Å². The lowest BCUT2D eigenvalue weighted by Crippen LogP contribution is -2.55. The van der Waals surface area contributed by atoms with Crippen LogP contribution in [0.4, 0.5) is 0 Å². The van der Waals surface area contributed by atoms with Gasteiger partial charge < -0.3 is 27.4 Å². The van der Waals surface area contributed by atoms with Crippen molar-refractivity contribution in [3.05, 3.63) is 0 Å². The Morgan fingerprint density at radius 2 is 1.29 bits per heavy atom. The monoisotopic (exact) mass is 458 g/mol. The van der Waals surface area contributed by atoms with Gasteiger partial charge in [0.25, 0.3) is 0 Å². The molecule has 3 amide bonds. The molecule has 0 heterocycles. The molecule has 11 heteroatoms. The van der Waals surface area contributed by atoms with Gasteiger partial charge in [0.15, 0.2) is 5.96 Å². The number of hydrogen-bond donors (Lipinski definition) is 6. The summed E-state index contributed by atoms with van der Waals surface area (Å²) in [5.41, 5.74) is 10.6. The Labute approximate surface area is 190 Å². The first-order chi connectivity index (χ1) is 14.3. The smallest absolute Gasteiger partial charge is 0.243 e. The third kappa shape index (κ3) is 13.6. The Morgan fingerprint density at radius 3 is 1.68 bits per heavy atom. The highest BCUT2D eigenvalue weighted by molar-refractivity contribution is 7.96. The van der Waals surface area contributed by atoms with Crippen LogP contribution in [0.3, 0.4) is 0 Å². The number of guanidine groups is 1. The SMILES string of the molecule is CC(=O)NC(CC(C)C)C(=O)N[C@@H](CC(C)C)C(=O)N[C@@H](CCCN=C(N)N)C(=O)S. The minimum Gasteiger partial charge on any atom is -0.370 e. The van der Waals surface area contributed by atoms with E-state index in [1.807, 2.05) is 27.7 Å². The fourth-order valence-corrected chi connectivity index (χ4v) is 3.15. The lowest BCUT2D eigenvalue weighted by atomic mass is 9.99. The average molecular weight is 459 g/mol. The van der Waals surface area contributed by atoms with E-state index >= 15 is 0 Å². The zero-order valence-corrected chi connectivity index (χ0v) is 20.0. The number of aliphatic imine (C=N–C) groups is 1. The van der Waals surface area contributed by atoms with Gasteiger partial charge in [-0.2, -0.15) is 0 Å². The van der Waals surface area contributed by atoms with Crippen LogP contribution in [0.15, 0.2) is 4.99 Å². The van der Waals surface area contributed by atoms with Gasteiger partial charge in [-0.3, -0.25) is 24.2 Å². The molecule has 0 aliphatic heterocycles. The summed E-state index contributed by atoms with van der Waals surface area (Å²) in [7, 11) is 0. The summed E-state index contributed by atoms with van der Waals surface area (Å²) < 4.78 is 0. The molecule has 1 unspecified atom stereocenters. The highest BCUT2D eigenvalue weighted by Gasteiger charge is 2.29. The van der Waals surface area contributed by atoms with Crippen molar-refractivity contribution in [3.8, 4) is 0 Å². The van der Waals surface area contributed by atoms with E-state index in [9.17, 15) is 19.2 Å². The third-order valence-corrected chi connectivity index (χ3v) is 4.61. The minimum absolute atomic E-state index is 0.0485. The first-order valence-electron chi connectivity index (χ1n) is 10.5. The van der Waals surface area contributed by atoms with Gasteiger partial charge in [0, 0.05) is 13.5 Å². The van der Waals surface area contributed by atoms with Crippen molar-refractivity contribution in [2.75, 3.05) is 6.54 Å². The number of amides is 3. The standard InChI is InChI=1S/C20H38N6O4S/c1-11(2)9-15(24-13(5)27)17(28)26-16(10-12(3)4)18(29)25-14(19(30)31)7-6-8-23-20(21)22/h11-12,14-16H,6-10H2,1-5H3,(H,24,27)(H,25,29)(H,26,28)(H,30,31)(H4,21,22,23)/t14-,15?,16-/m0/s1. The molecule has 0 aromatic heterocycles. The first-order valence-corrected chi connectivity index (χ1v) is 10.9. The summed E-state index contributed by atoms with van der Waals surface area (Å²) in [5, 5.41) is 7.52. The first kappa shape index (κ1) is 28.7. The topological polar surface area (TPSA) is 169 Å². The zero-order valence-electron chi connectivity index (χ0n) is 19.1. The normalized spacial score (nSPS) is 13.8. The summed E-state index contributed by atoms with van der Waals surface area (Å²) >= 11 is 3.85. The fourth-order valence-electron chi connectivity index (χ4n) is 2.96. The van der Waals surface area contributed by atoms with E-state index in [4.69, 9.17) is 11.5 Å². The molecule has 0 aromatic rings. The van der Waals surface area contributed by atoms with Crippen LogP contribution in [0.2, 0.25) is 0 Å².